The normalized spacial score (nSPS) is 15.2. The molecule has 3 rings (SSSR count). The van der Waals surface area contributed by atoms with Crippen molar-refractivity contribution in [2.75, 3.05) is 10.2 Å². The standard InChI is InChI=1S/C25H30N4O4/c26-24(27)19-6-10-20(11-7-19)28-25(33)22(31)16-23(32)29(14-15-30)21-12-8-18(9-13-21)17-4-2-1-3-5-17/h6-15,17,22,30-31H,1-5,16H2,(H3,26,27)(H,28,33)/b15-14-/t22-/m1/s1. The summed E-state index contributed by atoms with van der Waals surface area (Å²) in [4.78, 5) is 26.3. The number of carbonyl (C=O) groups is 2. The smallest absolute Gasteiger partial charge is 0.253 e. The van der Waals surface area contributed by atoms with E-state index in [1.807, 2.05) is 24.3 Å². The zero-order valence-electron chi connectivity index (χ0n) is 18.4. The molecule has 0 aliphatic heterocycles. The van der Waals surface area contributed by atoms with Gasteiger partial charge in [0.15, 0.2) is 0 Å². The lowest BCUT2D eigenvalue weighted by Crippen LogP contribution is -2.35. The highest BCUT2D eigenvalue weighted by molar-refractivity contribution is 6.01. The number of nitrogens with one attached hydrogen (secondary N) is 2. The second kappa shape index (κ2) is 11.3. The fourth-order valence-electron chi connectivity index (χ4n) is 4.04. The van der Waals surface area contributed by atoms with Crippen LogP contribution < -0.4 is 16.0 Å². The molecule has 0 aromatic heterocycles. The van der Waals surface area contributed by atoms with E-state index in [0.29, 0.717) is 22.9 Å². The highest BCUT2D eigenvalue weighted by Gasteiger charge is 2.24. The number of rotatable bonds is 8. The Balaban J connectivity index is 1.62. The van der Waals surface area contributed by atoms with Crippen LogP contribution >= 0.6 is 0 Å². The summed E-state index contributed by atoms with van der Waals surface area (Å²) in [6, 6.07) is 13.8. The first-order chi connectivity index (χ1) is 15.9. The van der Waals surface area contributed by atoms with Crippen LogP contribution in [0.2, 0.25) is 0 Å². The first-order valence-electron chi connectivity index (χ1n) is 11.1. The summed E-state index contributed by atoms with van der Waals surface area (Å²) in [5.74, 6) is -0.845. The predicted octanol–water partition coefficient (Wildman–Crippen LogP) is 3.77. The number of anilines is 2. The van der Waals surface area contributed by atoms with Crippen molar-refractivity contribution in [1.29, 1.82) is 5.41 Å². The molecule has 0 bridgehead atoms. The fourth-order valence-corrected chi connectivity index (χ4v) is 4.04. The molecule has 8 heteroatoms. The van der Waals surface area contributed by atoms with Crippen molar-refractivity contribution in [3.8, 4) is 0 Å². The lowest BCUT2D eigenvalue weighted by molar-refractivity contribution is -0.129. The van der Waals surface area contributed by atoms with Gasteiger partial charge >= 0.3 is 0 Å². The fraction of sp³-hybridized carbons (Fsp3) is 0.320. The zero-order valence-corrected chi connectivity index (χ0v) is 18.4. The molecule has 0 heterocycles. The molecule has 33 heavy (non-hydrogen) atoms. The third-order valence-corrected chi connectivity index (χ3v) is 5.87. The van der Waals surface area contributed by atoms with E-state index in [1.54, 1.807) is 24.3 Å². The van der Waals surface area contributed by atoms with Crippen molar-refractivity contribution in [2.45, 2.75) is 50.5 Å². The number of benzene rings is 2. The number of amidine groups is 1. The van der Waals surface area contributed by atoms with Crippen LogP contribution in [-0.4, -0.2) is 34.0 Å². The van der Waals surface area contributed by atoms with Gasteiger partial charge in [-0.2, -0.15) is 0 Å². The number of nitrogen functional groups attached to an aromatic ring is 1. The molecule has 1 aliphatic carbocycles. The van der Waals surface area contributed by atoms with Gasteiger partial charge in [-0.15, -0.1) is 0 Å². The van der Waals surface area contributed by atoms with Gasteiger partial charge in [-0.25, -0.2) is 0 Å². The van der Waals surface area contributed by atoms with Gasteiger partial charge in [-0.1, -0.05) is 31.4 Å². The molecule has 6 N–H and O–H groups in total. The van der Waals surface area contributed by atoms with E-state index >= 15 is 0 Å². The largest absolute Gasteiger partial charge is 0.514 e. The Morgan fingerprint density at radius 2 is 1.73 bits per heavy atom. The highest BCUT2D eigenvalue weighted by Crippen LogP contribution is 2.33. The highest BCUT2D eigenvalue weighted by atomic mass is 16.3. The van der Waals surface area contributed by atoms with Gasteiger partial charge in [0, 0.05) is 23.1 Å². The average Bonchev–Trinajstić information content (AvgIpc) is 2.83. The summed E-state index contributed by atoms with van der Waals surface area (Å²) in [6.45, 7) is 0. The molecule has 0 unspecified atom stereocenters. The van der Waals surface area contributed by atoms with E-state index in [4.69, 9.17) is 11.1 Å². The van der Waals surface area contributed by atoms with Gasteiger partial charge in [-0.05, 0) is 60.7 Å². The summed E-state index contributed by atoms with van der Waals surface area (Å²) >= 11 is 0. The Bertz CT molecular complexity index is 996. The number of hydrogen-bond donors (Lipinski definition) is 5. The van der Waals surface area contributed by atoms with Crippen LogP contribution in [0.25, 0.3) is 0 Å². The van der Waals surface area contributed by atoms with Crippen molar-refractivity contribution in [3.63, 3.8) is 0 Å². The van der Waals surface area contributed by atoms with Crippen LogP contribution in [0.1, 0.15) is 55.6 Å². The van der Waals surface area contributed by atoms with Crippen molar-refractivity contribution in [2.24, 2.45) is 5.73 Å². The van der Waals surface area contributed by atoms with Crippen molar-refractivity contribution < 1.29 is 19.8 Å². The number of hydrogen-bond acceptors (Lipinski definition) is 5. The van der Waals surface area contributed by atoms with Crippen molar-refractivity contribution >= 4 is 29.0 Å². The van der Waals surface area contributed by atoms with Crippen LogP contribution in [0, 0.1) is 5.41 Å². The van der Waals surface area contributed by atoms with Crippen LogP contribution in [0.4, 0.5) is 11.4 Å². The summed E-state index contributed by atoms with van der Waals surface area (Å²) < 4.78 is 0. The molecule has 0 spiro atoms. The monoisotopic (exact) mass is 450 g/mol. The van der Waals surface area contributed by atoms with Crippen LogP contribution in [-0.2, 0) is 9.59 Å². The van der Waals surface area contributed by atoms with Gasteiger partial charge < -0.3 is 21.3 Å². The Hall–Kier alpha value is -3.65. The molecule has 1 fully saturated rings. The quantitative estimate of drug-likeness (QED) is 0.237. The third kappa shape index (κ3) is 6.43. The summed E-state index contributed by atoms with van der Waals surface area (Å²) in [7, 11) is 0. The minimum atomic E-state index is -1.58. The number of aliphatic hydroxyl groups excluding tert-OH is 2. The SMILES string of the molecule is N=C(N)c1ccc(NC(=O)[C@H](O)CC(=O)N(/C=C\O)c2ccc(C3CCCCC3)cc2)cc1. The lowest BCUT2D eigenvalue weighted by Gasteiger charge is -2.24. The minimum Gasteiger partial charge on any atom is -0.514 e. The molecule has 2 aromatic carbocycles. The number of nitrogens with two attached hydrogens (primary N) is 1. The molecule has 2 aromatic rings. The van der Waals surface area contributed by atoms with Gasteiger partial charge in [-0.3, -0.25) is 19.9 Å². The number of carbonyl (C=O) groups excluding carboxylic acids is 2. The molecule has 1 saturated carbocycles. The molecule has 1 aliphatic rings. The van der Waals surface area contributed by atoms with E-state index < -0.39 is 24.3 Å². The van der Waals surface area contributed by atoms with Gasteiger partial charge in [0.2, 0.25) is 5.91 Å². The molecular weight excluding hydrogens is 420 g/mol. The zero-order chi connectivity index (χ0) is 23.8. The van der Waals surface area contributed by atoms with Crippen LogP contribution in [0.3, 0.4) is 0 Å². The van der Waals surface area contributed by atoms with Crippen LogP contribution in [0.15, 0.2) is 61.0 Å². The first kappa shape index (κ1) is 24.0. The molecule has 2 amide bonds. The lowest BCUT2D eigenvalue weighted by atomic mass is 9.84. The van der Waals surface area contributed by atoms with E-state index in [-0.39, 0.29) is 5.84 Å². The molecule has 1 atom stereocenters. The van der Waals surface area contributed by atoms with E-state index in [2.05, 4.69) is 5.32 Å². The second-order valence-electron chi connectivity index (χ2n) is 8.19. The molecule has 174 valence electrons. The molecule has 0 radical (unpaired) electrons. The second-order valence-corrected chi connectivity index (χ2v) is 8.19. The number of aliphatic hydroxyl groups is 2. The maximum Gasteiger partial charge on any atom is 0.253 e. The van der Waals surface area contributed by atoms with E-state index in [1.165, 1.54) is 35.9 Å². The van der Waals surface area contributed by atoms with Gasteiger partial charge in [0.25, 0.3) is 5.91 Å². The summed E-state index contributed by atoms with van der Waals surface area (Å²) in [5, 5.41) is 29.5. The first-order valence-corrected chi connectivity index (χ1v) is 11.1. The summed E-state index contributed by atoms with van der Waals surface area (Å²) in [6.07, 6.45) is 5.95. The number of amides is 2. The Kier molecular flexibility index (Phi) is 8.21. The van der Waals surface area contributed by atoms with E-state index in [0.717, 1.165) is 19.1 Å². The maximum absolute atomic E-state index is 12.8. The maximum atomic E-state index is 12.8. The van der Waals surface area contributed by atoms with Crippen molar-refractivity contribution in [1.82, 2.24) is 0 Å². The molecule has 0 saturated heterocycles. The Morgan fingerprint density at radius 3 is 2.30 bits per heavy atom. The third-order valence-electron chi connectivity index (χ3n) is 5.87. The summed E-state index contributed by atoms with van der Waals surface area (Å²) in [5.41, 5.74) is 8.08. The van der Waals surface area contributed by atoms with Crippen LogP contribution in [0.5, 0.6) is 0 Å². The van der Waals surface area contributed by atoms with Gasteiger partial charge in [0.05, 0.1) is 12.7 Å². The van der Waals surface area contributed by atoms with Crippen molar-refractivity contribution in [3.05, 3.63) is 72.1 Å². The van der Waals surface area contributed by atoms with E-state index in [9.17, 15) is 19.8 Å². The Labute approximate surface area is 193 Å². The molecular formula is C25H30N4O4. The minimum absolute atomic E-state index is 0.0951. The Morgan fingerprint density at radius 1 is 1.09 bits per heavy atom. The average molecular weight is 451 g/mol. The predicted molar refractivity (Wildman–Crippen MR) is 128 cm³/mol. The molecule has 8 nitrogen and oxygen atoms in total. The topological polar surface area (TPSA) is 140 Å². The van der Waals surface area contributed by atoms with Gasteiger partial charge in [0.1, 0.15) is 11.9 Å². The number of nitrogens with zero attached hydrogens (tertiary/aromatic N) is 1.